The number of benzene rings is 1. The molecule has 124 valence electrons. The number of carbonyl (C=O) groups excluding carboxylic acids is 1. The Balaban J connectivity index is 1.88. The summed E-state index contributed by atoms with van der Waals surface area (Å²) >= 11 is 5.81. The molecule has 1 N–H and O–H groups in total. The molecule has 2 rings (SSSR count). The van der Waals surface area contributed by atoms with Crippen molar-refractivity contribution in [2.75, 3.05) is 20.8 Å². The van der Waals surface area contributed by atoms with Gasteiger partial charge in [-0.1, -0.05) is 17.7 Å². The first-order valence-electron chi connectivity index (χ1n) is 7.23. The summed E-state index contributed by atoms with van der Waals surface area (Å²) in [7, 11) is 3.20. The van der Waals surface area contributed by atoms with Crippen LogP contribution in [-0.4, -0.2) is 36.5 Å². The van der Waals surface area contributed by atoms with Gasteiger partial charge in [-0.3, -0.25) is 9.48 Å². The number of carbonyl (C=O) groups is 1. The van der Waals surface area contributed by atoms with Crippen LogP contribution in [0.2, 0.25) is 5.02 Å². The Kier molecular flexibility index (Phi) is 5.87. The zero-order valence-electron chi connectivity index (χ0n) is 13.4. The molecule has 1 unspecified atom stereocenters. The highest BCUT2D eigenvalue weighted by molar-refractivity contribution is 6.30. The molecule has 1 amide bonds. The Labute approximate surface area is 140 Å². The van der Waals surface area contributed by atoms with Crippen molar-refractivity contribution in [2.24, 2.45) is 0 Å². The summed E-state index contributed by atoms with van der Waals surface area (Å²) in [6, 6.07) is 5.30. The molecule has 0 radical (unpaired) electrons. The van der Waals surface area contributed by atoms with Gasteiger partial charge < -0.3 is 14.8 Å². The molecule has 0 aliphatic carbocycles. The first kappa shape index (κ1) is 17.1. The fourth-order valence-corrected chi connectivity index (χ4v) is 2.30. The zero-order valence-corrected chi connectivity index (χ0v) is 14.1. The zero-order chi connectivity index (χ0) is 16.8. The first-order chi connectivity index (χ1) is 11.0. The third-order valence-electron chi connectivity index (χ3n) is 3.51. The molecule has 6 nitrogen and oxygen atoms in total. The van der Waals surface area contributed by atoms with E-state index in [1.54, 1.807) is 27.3 Å². The van der Waals surface area contributed by atoms with Gasteiger partial charge in [-0.05, 0) is 31.0 Å². The monoisotopic (exact) mass is 337 g/mol. The van der Waals surface area contributed by atoms with Gasteiger partial charge in [-0.15, -0.1) is 0 Å². The molecule has 0 bridgehead atoms. The molecule has 0 spiro atoms. The molecule has 0 saturated heterocycles. The van der Waals surface area contributed by atoms with Gasteiger partial charge in [0.05, 0.1) is 25.4 Å². The number of hydrogen-bond acceptors (Lipinski definition) is 4. The van der Waals surface area contributed by atoms with E-state index in [-0.39, 0.29) is 5.91 Å². The number of aromatic nitrogens is 2. The Bertz CT molecular complexity index is 672. The SMILES string of the molecule is COc1ccc(CCNC(=O)C(C)n2cc(Cl)cn2)cc1OC. The van der Waals surface area contributed by atoms with Crippen molar-refractivity contribution in [3.63, 3.8) is 0 Å². The molecule has 0 aliphatic heterocycles. The maximum absolute atomic E-state index is 12.1. The van der Waals surface area contributed by atoms with Crippen LogP contribution in [0.1, 0.15) is 18.5 Å². The van der Waals surface area contributed by atoms with Crippen molar-refractivity contribution >= 4 is 17.5 Å². The van der Waals surface area contributed by atoms with Crippen LogP contribution in [0, 0.1) is 0 Å². The van der Waals surface area contributed by atoms with Gasteiger partial charge in [0.25, 0.3) is 0 Å². The van der Waals surface area contributed by atoms with Crippen molar-refractivity contribution in [3.05, 3.63) is 41.2 Å². The molecule has 0 aliphatic rings. The highest BCUT2D eigenvalue weighted by Gasteiger charge is 2.15. The molecule has 1 aromatic carbocycles. The van der Waals surface area contributed by atoms with Gasteiger partial charge in [0, 0.05) is 12.7 Å². The molecular formula is C16H20ClN3O3. The molecule has 0 fully saturated rings. The maximum atomic E-state index is 12.1. The van der Waals surface area contributed by atoms with E-state index in [1.807, 2.05) is 18.2 Å². The van der Waals surface area contributed by atoms with E-state index in [0.717, 1.165) is 5.56 Å². The fraction of sp³-hybridized carbons (Fsp3) is 0.375. The Morgan fingerprint density at radius 2 is 2.09 bits per heavy atom. The largest absolute Gasteiger partial charge is 0.493 e. The van der Waals surface area contributed by atoms with Crippen LogP contribution in [0.4, 0.5) is 0 Å². The van der Waals surface area contributed by atoms with Gasteiger partial charge in [0.2, 0.25) is 5.91 Å². The summed E-state index contributed by atoms with van der Waals surface area (Å²) in [6.45, 7) is 2.29. The molecule has 7 heteroatoms. The normalized spacial score (nSPS) is 11.8. The number of rotatable bonds is 7. The standard InChI is InChI=1S/C16H20ClN3O3/c1-11(20-10-13(17)9-19-20)16(21)18-7-6-12-4-5-14(22-2)15(8-12)23-3/h4-5,8-11H,6-7H2,1-3H3,(H,18,21). The molecule has 1 atom stereocenters. The Morgan fingerprint density at radius 3 is 2.70 bits per heavy atom. The summed E-state index contributed by atoms with van der Waals surface area (Å²) in [4.78, 5) is 12.1. The fourth-order valence-electron chi connectivity index (χ4n) is 2.16. The number of halogens is 1. The van der Waals surface area contributed by atoms with Crippen molar-refractivity contribution in [1.82, 2.24) is 15.1 Å². The van der Waals surface area contributed by atoms with Crippen LogP contribution >= 0.6 is 11.6 Å². The second kappa shape index (κ2) is 7.87. The Morgan fingerprint density at radius 1 is 1.35 bits per heavy atom. The molecular weight excluding hydrogens is 318 g/mol. The van der Waals surface area contributed by atoms with Crippen molar-refractivity contribution in [1.29, 1.82) is 0 Å². The summed E-state index contributed by atoms with van der Waals surface area (Å²) in [5.41, 5.74) is 1.05. The van der Waals surface area contributed by atoms with Crippen LogP contribution in [-0.2, 0) is 11.2 Å². The number of amides is 1. The molecule has 23 heavy (non-hydrogen) atoms. The van der Waals surface area contributed by atoms with Crippen LogP contribution < -0.4 is 14.8 Å². The lowest BCUT2D eigenvalue weighted by molar-refractivity contribution is -0.124. The van der Waals surface area contributed by atoms with E-state index in [2.05, 4.69) is 10.4 Å². The van der Waals surface area contributed by atoms with Gasteiger partial charge in [0.15, 0.2) is 11.5 Å². The molecule has 2 aromatic rings. The summed E-state index contributed by atoms with van der Waals surface area (Å²) in [6.07, 6.45) is 3.83. The molecule has 0 saturated carbocycles. The van der Waals surface area contributed by atoms with Crippen molar-refractivity contribution in [3.8, 4) is 11.5 Å². The topological polar surface area (TPSA) is 65.4 Å². The van der Waals surface area contributed by atoms with Crippen LogP contribution in [0.5, 0.6) is 11.5 Å². The number of methoxy groups -OCH3 is 2. The van der Waals surface area contributed by atoms with E-state index >= 15 is 0 Å². The van der Waals surface area contributed by atoms with E-state index in [4.69, 9.17) is 21.1 Å². The van der Waals surface area contributed by atoms with Gasteiger partial charge in [-0.2, -0.15) is 5.10 Å². The average molecular weight is 338 g/mol. The summed E-state index contributed by atoms with van der Waals surface area (Å²) < 4.78 is 12.0. The summed E-state index contributed by atoms with van der Waals surface area (Å²) in [5.74, 6) is 1.26. The summed E-state index contributed by atoms with van der Waals surface area (Å²) in [5, 5.41) is 7.44. The minimum atomic E-state index is -0.409. The van der Waals surface area contributed by atoms with Crippen molar-refractivity contribution < 1.29 is 14.3 Å². The smallest absolute Gasteiger partial charge is 0.244 e. The number of ether oxygens (including phenoxy) is 2. The van der Waals surface area contributed by atoms with Crippen LogP contribution in [0.25, 0.3) is 0 Å². The first-order valence-corrected chi connectivity index (χ1v) is 7.61. The van der Waals surface area contributed by atoms with Crippen LogP contribution in [0.3, 0.4) is 0 Å². The number of nitrogens with one attached hydrogen (secondary N) is 1. The maximum Gasteiger partial charge on any atom is 0.244 e. The Hall–Kier alpha value is -2.21. The van der Waals surface area contributed by atoms with E-state index in [9.17, 15) is 4.79 Å². The van der Waals surface area contributed by atoms with E-state index in [1.165, 1.54) is 10.9 Å². The minimum Gasteiger partial charge on any atom is -0.493 e. The lowest BCUT2D eigenvalue weighted by Gasteiger charge is -2.13. The predicted molar refractivity (Wildman–Crippen MR) is 88.2 cm³/mol. The predicted octanol–water partition coefficient (Wildman–Crippen LogP) is 2.47. The second-order valence-corrected chi connectivity index (χ2v) is 5.48. The average Bonchev–Trinajstić information content (AvgIpc) is 3.00. The second-order valence-electron chi connectivity index (χ2n) is 5.04. The third-order valence-corrected chi connectivity index (χ3v) is 3.70. The highest BCUT2D eigenvalue weighted by Crippen LogP contribution is 2.27. The van der Waals surface area contributed by atoms with E-state index in [0.29, 0.717) is 29.5 Å². The quantitative estimate of drug-likeness (QED) is 0.843. The van der Waals surface area contributed by atoms with Gasteiger partial charge in [-0.25, -0.2) is 0 Å². The van der Waals surface area contributed by atoms with Crippen molar-refractivity contribution in [2.45, 2.75) is 19.4 Å². The highest BCUT2D eigenvalue weighted by atomic mass is 35.5. The van der Waals surface area contributed by atoms with Crippen LogP contribution in [0.15, 0.2) is 30.6 Å². The molecule has 1 aromatic heterocycles. The van der Waals surface area contributed by atoms with E-state index < -0.39 is 6.04 Å². The lowest BCUT2D eigenvalue weighted by Crippen LogP contribution is -2.32. The molecule has 1 heterocycles. The van der Waals surface area contributed by atoms with Gasteiger partial charge >= 0.3 is 0 Å². The third kappa shape index (κ3) is 4.39. The number of nitrogens with zero attached hydrogens (tertiary/aromatic N) is 2. The van der Waals surface area contributed by atoms with Gasteiger partial charge in [0.1, 0.15) is 6.04 Å². The number of hydrogen-bond donors (Lipinski definition) is 1. The lowest BCUT2D eigenvalue weighted by atomic mass is 10.1. The minimum absolute atomic E-state index is 0.106.